The van der Waals surface area contributed by atoms with Crippen LogP contribution in [0.15, 0.2) is 28.1 Å². The first-order chi connectivity index (χ1) is 8.97. The summed E-state index contributed by atoms with van der Waals surface area (Å²) in [7, 11) is 0. The molecule has 0 saturated heterocycles. The van der Waals surface area contributed by atoms with E-state index in [1.807, 2.05) is 44.4 Å². The Balaban J connectivity index is 2.15. The van der Waals surface area contributed by atoms with Gasteiger partial charge < -0.3 is 5.32 Å². The number of nitrogens with one attached hydrogen (secondary N) is 1. The molecule has 5 heteroatoms. The SMILES string of the molecule is Cc1ccc(Br)c(C(=O)NC(C)c2nc(C)cs2)c1. The highest BCUT2D eigenvalue weighted by molar-refractivity contribution is 9.10. The van der Waals surface area contributed by atoms with Gasteiger partial charge in [-0.3, -0.25) is 4.79 Å². The first-order valence-corrected chi connectivity index (χ1v) is 7.63. The van der Waals surface area contributed by atoms with E-state index in [1.54, 1.807) is 11.3 Å². The predicted molar refractivity (Wildman–Crippen MR) is 81.6 cm³/mol. The molecule has 1 heterocycles. The van der Waals surface area contributed by atoms with Gasteiger partial charge >= 0.3 is 0 Å². The van der Waals surface area contributed by atoms with E-state index in [9.17, 15) is 4.79 Å². The molecule has 3 nitrogen and oxygen atoms in total. The molecule has 0 spiro atoms. The van der Waals surface area contributed by atoms with Gasteiger partial charge in [-0.25, -0.2) is 4.98 Å². The van der Waals surface area contributed by atoms with Crippen LogP contribution in [0.3, 0.4) is 0 Å². The molecule has 0 aliphatic rings. The van der Waals surface area contributed by atoms with Crippen molar-refractivity contribution in [2.45, 2.75) is 26.8 Å². The Hall–Kier alpha value is -1.20. The van der Waals surface area contributed by atoms with Gasteiger partial charge in [0, 0.05) is 15.5 Å². The summed E-state index contributed by atoms with van der Waals surface area (Å²) in [6.45, 7) is 5.86. The lowest BCUT2D eigenvalue weighted by Gasteiger charge is -2.12. The molecule has 1 unspecified atom stereocenters. The standard InChI is InChI=1S/C14H15BrN2OS/c1-8-4-5-12(15)11(6-8)13(18)17-10(3)14-16-9(2)7-19-14/h4-7,10H,1-3H3,(H,17,18). The molecule has 1 N–H and O–H groups in total. The molecule has 0 aliphatic heterocycles. The monoisotopic (exact) mass is 338 g/mol. The van der Waals surface area contributed by atoms with Gasteiger partial charge in [-0.1, -0.05) is 11.6 Å². The van der Waals surface area contributed by atoms with Gasteiger partial charge in [0.15, 0.2) is 0 Å². The third kappa shape index (κ3) is 3.42. The van der Waals surface area contributed by atoms with Crippen molar-refractivity contribution in [2.75, 3.05) is 0 Å². The molecule has 0 fully saturated rings. The molecule has 0 saturated carbocycles. The van der Waals surface area contributed by atoms with Gasteiger partial charge in [0.1, 0.15) is 5.01 Å². The highest BCUT2D eigenvalue weighted by Crippen LogP contribution is 2.21. The van der Waals surface area contributed by atoms with Crippen LogP contribution in [-0.2, 0) is 0 Å². The maximum absolute atomic E-state index is 12.2. The minimum absolute atomic E-state index is 0.0846. The van der Waals surface area contributed by atoms with Gasteiger partial charge in [0.2, 0.25) is 0 Å². The number of aryl methyl sites for hydroxylation is 2. The van der Waals surface area contributed by atoms with Crippen molar-refractivity contribution in [3.8, 4) is 0 Å². The number of benzene rings is 1. The highest BCUT2D eigenvalue weighted by Gasteiger charge is 2.16. The number of aromatic nitrogens is 1. The summed E-state index contributed by atoms with van der Waals surface area (Å²) in [5, 5.41) is 5.89. The van der Waals surface area contributed by atoms with Gasteiger partial charge in [-0.2, -0.15) is 0 Å². The van der Waals surface area contributed by atoms with Gasteiger partial charge in [0.05, 0.1) is 11.6 Å². The lowest BCUT2D eigenvalue weighted by molar-refractivity contribution is 0.0939. The van der Waals surface area contributed by atoms with Crippen LogP contribution in [0.1, 0.15) is 39.6 Å². The molecular weight excluding hydrogens is 324 g/mol. The molecule has 0 aliphatic carbocycles. The van der Waals surface area contributed by atoms with E-state index in [-0.39, 0.29) is 11.9 Å². The lowest BCUT2D eigenvalue weighted by Crippen LogP contribution is -2.27. The molecule has 1 aromatic heterocycles. The average Bonchev–Trinajstić information content (AvgIpc) is 2.79. The smallest absolute Gasteiger partial charge is 0.252 e. The van der Waals surface area contributed by atoms with E-state index in [0.29, 0.717) is 5.56 Å². The van der Waals surface area contributed by atoms with Crippen LogP contribution < -0.4 is 5.32 Å². The molecule has 100 valence electrons. The number of hydrogen-bond acceptors (Lipinski definition) is 3. The largest absolute Gasteiger partial charge is 0.343 e. The molecule has 2 rings (SSSR count). The van der Waals surface area contributed by atoms with Crippen LogP contribution >= 0.6 is 27.3 Å². The van der Waals surface area contributed by atoms with Crippen LogP contribution in [0.2, 0.25) is 0 Å². The molecule has 0 bridgehead atoms. The second kappa shape index (κ2) is 5.84. The van der Waals surface area contributed by atoms with Crippen molar-refractivity contribution < 1.29 is 4.79 Å². The van der Waals surface area contributed by atoms with E-state index in [0.717, 1.165) is 20.7 Å². The Morgan fingerprint density at radius 2 is 2.16 bits per heavy atom. The normalized spacial score (nSPS) is 12.2. The maximum atomic E-state index is 12.2. The van der Waals surface area contributed by atoms with Crippen molar-refractivity contribution in [3.05, 3.63) is 49.9 Å². The third-order valence-electron chi connectivity index (χ3n) is 2.72. The summed E-state index contributed by atoms with van der Waals surface area (Å²) in [4.78, 5) is 16.6. The molecule has 19 heavy (non-hydrogen) atoms. The highest BCUT2D eigenvalue weighted by atomic mass is 79.9. The zero-order chi connectivity index (χ0) is 14.0. The quantitative estimate of drug-likeness (QED) is 0.918. The van der Waals surface area contributed by atoms with Crippen molar-refractivity contribution in [3.63, 3.8) is 0 Å². The second-order valence-corrected chi connectivity index (χ2v) is 6.25. The fourth-order valence-corrected chi connectivity index (χ4v) is 2.95. The van der Waals surface area contributed by atoms with Crippen molar-refractivity contribution in [2.24, 2.45) is 0 Å². The first kappa shape index (κ1) is 14.2. The van der Waals surface area contributed by atoms with Crippen LogP contribution in [-0.4, -0.2) is 10.9 Å². The Kier molecular flexibility index (Phi) is 4.37. The van der Waals surface area contributed by atoms with Gasteiger partial charge in [-0.15, -0.1) is 11.3 Å². The van der Waals surface area contributed by atoms with E-state index in [4.69, 9.17) is 0 Å². The Labute approximate surface area is 125 Å². The minimum Gasteiger partial charge on any atom is -0.343 e. The van der Waals surface area contributed by atoms with E-state index >= 15 is 0 Å². The number of amides is 1. The van der Waals surface area contributed by atoms with E-state index < -0.39 is 0 Å². The maximum Gasteiger partial charge on any atom is 0.252 e. The van der Waals surface area contributed by atoms with Crippen LogP contribution in [0, 0.1) is 13.8 Å². The number of rotatable bonds is 3. The third-order valence-corrected chi connectivity index (χ3v) is 4.56. The number of halogens is 1. The Bertz CT molecular complexity index is 609. The average molecular weight is 339 g/mol. The number of hydrogen-bond donors (Lipinski definition) is 1. The molecule has 1 amide bonds. The van der Waals surface area contributed by atoms with Crippen LogP contribution in [0.5, 0.6) is 0 Å². The zero-order valence-electron chi connectivity index (χ0n) is 11.0. The number of thiazole rings is 1. The van der Waals surface area contributed by atoms with Crippen molar-refractivity contribution in [1.29, 1.82) is 0 Å². The van der Waals surface area contributed by atoms with Crippen molar-refractivity contribution >= 4 is 33.2 Å². The fraction of sp³-hybridized carbons (Fsp3) is 0.286. The number of carbonyl (C=O) groups excluding carboxylic acids is 1. The summed E-state index contributed by atoms with van der Waals surface area (Å²) < 4.78 is 0.804. The van der Waals surface area contributed by atoms with E-state index in [1.165, 1.54) is 0 Å². The minimum atomic E-state index is -0.0871. The molecular formula is C14H15BrN2OS. The predicted octanol–water partition coefficient (Wildman–Crippen LogP) is 4.01. The summed E-state index contributed by atoms with van der Waals surface area (Å²) in [5.74, 6) is -0.0871. The zero-order valence-corrected chi connectivity index (χ0v) is 13.4. The van der Waals surface area contributed by atoms with Gasteiger partial charge in [-0.05, 0) is 48.8 Å². The number of nitrogens with zero attached hydrogens (tertiary/aromatic N) is 1. The van der Waals surface area contributed by atoms with Gasteiger partial charge in [0.25, 0.3) is 5.91 Å². The molecule has 0 radical (unpaired) electrons. The summed E-state index contributed by atoms with van der Waals surface area (Å²) in [6.07, 6.45) is 0. The fourth-order valence-electron chi connectivity index (χ4n) is 1.72. The Morgan fingerprint density at radius 1 is 1.42 bits per heavy atom. The second-order valence-electron chi connectivity index (χ2n) is 4.51. The number of carbonyl (C=O) groups is 1. The topological polar surface area (TPSA) is 42.0 Å². The summed E-state index contributed by atoms with van der Waals surface area (Å²) in [6, 6.07) is 5.65. The summed E-state index contributed by atoms with van der Waals surface area (Å²) in [5.41, 5.74) is 2.70. The van der Waals surface area contributed by atoms with E-state index in [2.05, 4.69) is 26.2 Å². The van der Waals surface area contributed by atoms with Crippen LogP contribution in [0.25, 0.3) is 0 Å². The Morgan fingerprint density at radius 3 is 2.79 bits per heavy atom. The summed E-state index contributed by atoms with van der Waals surface area (Å²) >= 11 is 4.97. The molecule has 1 aromatic carbocycles. The molecule has 2 aromatic rings. The lowest BCUT2D eigenvalue weighted by atomic mass is 10.1. The van der Waals surface area contributed by atoms with Crippen molar-refractivity contribution in [1.82, 2.24) is 10.3 Å². The van der Waals surface area contributed by atoms with Crippen LogP contribution in [0.4, 0.5) is 0 Å². The molecule has 1 atom stereocenters. The first-order valence-electron chi connectivity index (χ1n) is 5.96.